The van der Waals surface area contributed by atoms with Gasteiger partial charge in [0, 0.05) is 17.0 Å². The van der Waals surface area contributed by atoms with E-state index >= 15 is 0 Å². The van der Waals surface area contributed by atoms with Crippen LogP contribution in [-0.2, 0) is 0 Å². The molecule has 3 aromatic rings. The maximum Gasteiger partial charge on any atom is 0.250 e. The van der Waals surface area contributed by atoms with Crippen molar-refractivity contribution in [2.75, 3.05) is 14.2 Å². The van der Waals surface area contributed by atoms with Crippen LogP contribution in [0.15, 0.2) is 47.1 Å². The van der Waals surface area contributed by atoms with Gasteiger partial charge in [-0.1, -0.05) is 26.8 Å². The van der Waals surface area contributed by atoms with Gasteiger partial charge in [-0.05, 0) is 48.0 Å². The molecule has 0 aliphatic rings. The van der Waals surface area contributed by atoms with Crippen LogP contribution in [0.25, 0.3) is 22.1 Å². The summed E-state index contributed by atoms with van der Waals surface area (Å²) in [6, 6.07) is 11.9. The number of rotatable bonds is 5. The number of ether oxygens (including phenoxy) is 2. The third-order valence-corrected chi connectivity index (χ3v) is 9.77. The number of furan rings is 1. The van der Waals surface area contributed by atoms with Crippen molar-refractivity contribution in [2.24, 2.45) is 0 Å². The summed E-state index contributed by atoms with van der Waals surface area (Å²) in [5, 5.41) is 1.15. The van der Waals surface area contributed by atoms with Crippen molar-refractivity contribution < 1.29 is 18.3 Å². The van der Waals surface area contributed by atoms with E-state index in [2.05, 4.69) is 33.9 Å². The summed E-state index contributed by atoms with van der Waals surface area (Å²) in [4.78, 5) is 0. The monoisotopic (exact) mass is 384 g/mol. The lowest BCUT2D eigenvalue weighted by atomic mass is 10.0. The van der Waals surface area contributed by atoms with Crippen LogP contribution in [0.3, 0.4) is 0 Å². The van der Waals surface area contributed by atoms with Gasteiger partial charge in [0.05, 0.1) is 20.5 Å². The number of methoxy groups -OCH3 is 2. The summed E-state index contributed by atoms with van der Waals surface area (Å²) in [5.41, 5.74) is 2.86. The molecule has 5 heteroatoms. The quantitative estimate of drug-likeness (QED) is 0.471. The Kier molecular flexibility index (Phi) is 4.99. The molecule has 0 fully saturated rings. The minimum Gasteiger partial charge on any atom is -0.541 e. The average molecular weight is 385 g/mol. The third-order valence-electron chi connectivity index (χ3n) is 5.43. The fourth-order valence-corrected chi connectivity index (χ4v) is 3.73. The molecule has 0 saturated carbocycles. The number of fused-ring (bicyclic) bond motifs is 1. The largest absolute Gasteiger partial charge is 0.541 e. The molecule has 0 atom stereocenters. The Balaban J connectivity index is 2.06. The van der Waals surface area contributed by atoms with Gasteiger partial charge in [-0.25, -0.2) is 0 Å². The minimum atomic E-state index is -1.99. The lowest BCUT2D eigenvalue weighted by Gasteiger charge is -2.36. The normalized spacial score (nSPS) is 12.3. The summed E-state index contributed by atoms with van der Waals surface area (Å²) in [6.45, 7) is 11.2. The fourth-order valence-electron chi connectivity index (χ4n) is 2.71. The molecule has 1 heterocycles. The Morgan fingerprint density at radius 3 is 2.26 bits per heavy atom. The van der Waals surface area contributed by atoms with Gasteiger partial charge in [-0.2, -0.15) is 0 Å². The van der Waals surface area contributed by atoms with Gasteiger partial charge in [0.1, 0.15) is 17.1 Å². The van der Waals surface area contributed by atoms with Crippen LogP contribution < -0.4 is 13.9 Å². The summed E-state index contributed by atoms with van der Waals surface area (Å²) in [5.74, 6) is 2.31. The van der Waals surface area contributed by atoms with Crippen LogP contribution in [-0.4, -0.2) is 22.5 Å². The van der Waals surface area contributed by atoms with Gasteiger partial charge in [-0.3, -0.25) is 0 Å². The molecule has 4 nitrogen and oxygen atoms in total. The second-order valence-electron chi connectivity index (χ2n) is 8.24. The van der Waals surface area contributed by atoms with E-state index in [0.29, 0.717) is 0 Å². The first-order valence-electron chi connectivity index (χ1n) is 9.09. The van der Waals surface area contributed by atoms with E-state index in [9.17, 15) is 0 Å². The second-order valence-corrected chi connectivity index (χ2v) is 13.0. The minimum absolute atomic E-state index is 0.104. The molecule has 144 valence electrons. The van der Waals surface area contributed by atoms with Crippen LogP contribution in [0.4, 0.5) is 0 Å². The summed E-state index contributed by atoms with van der Waals surface area (Å²) in [6.07, 6.45) is 1.78. The maximum atomic E-state index is 6.54. The molecular weight excluding hydrogens is 356 g/mol. The molecule has 0 bridgehead atoms. The third kappa shape index (κ3) is 3.69. The Labute approximate surface area is 162 Å². The predicted molar refractivity (Wildman–Crippen MR) is 113 cm³/mol. The highest BCUT2D eigenvalue weighted by Gasteiger charge is 2.39. The Morgan fingerprint density at radius 1 is 0.889 bits per heavy atom. The van der Waals surface area contributed by atoms with Crippen LogP contribution in [0.5, 0.6) is 17.2 Å². The molecule has 3 rings (SSSR count). The molecule has 2 aromatic carbocycles. The molecule has 0 amide bonds. The Morgan fingerprint density at radius 2 is 1.63 bits per heavy atom. The number of hydrogen-bond donors (Lipinski definition) is 0. The molecule has 0 N–H and O–H groups in total. The van der Waals surface area contributed by atoms with Crippen molar-refractivity contribution in [1.29, 1.82) is 0 Å². The van der Waals surface area contributed by atoms with E-state index in [4.69, 9.17) is 18.3 Å². The summed E-state index contributed by atoms with van der Waals surface area (Å²) < 4.78 is 23.1. The highest BCUT2D eigenvalue weighted by molar-refractivity contribution is 6.74. The number of benzene rings is 2. The van der Waals surface area contributed by atoms with Gasteiger partial charge in [0.25, 0.3) is 8.32 Å². The van der Waals surface area contributed by atoms with E-state index in [1.807, 2.05) is 36.4 Å². The highest BCUT2D eigenvalue weighted by atomic mass is 28.4. The first kappa shape index (κ1) is 19.4. The molecule has 0 radical (unpaired) electrons. The van der Waals surface area contributed by atoms with Crippen molar-refractivity contribution >= 4 is 19.3 Å². The first-order chi connectivity index (χ1) is 12.7. The fraction of sp³-hybridized carbons (Fsp3) is 0.364. The van der Waals surface area contributed by atoms with Crippen LogP contribution in [0.2, 0.25) is 18.1 Å². The zero-order valence-corrected chi connectivity index (χ0v) is 18.2. The first-order valence-corrected chi connectivity index (χ1v) is 12.0. The molecule has 27 heavy (non-hydrogen) atoms. The SMILES string of the molecule is COc1ccc2c(-c3ccc(OC)c(O[Si](C)(C)C(C)(C)C)c3)coc2c1. The second kappa shape index (κ2) is 6.96. The Bertz CT molecular complexity index is 951. The van der Waals surface area contributed by atoms with Crippen LogP contribution in [0, 0.1) is 0 Å². The predicted octanol–water partition coefficient (Wildman–Crippen LogP) is 6.50. The standard InChI is InChI=1S/C22H28O4Si/c1-22(2,3)27(6,7)26-21-12-15(8-11-19(21)24-5)18-14-25-20-13-16(23-4)9-10-17(18)20/h8-14H,1-7H3. The molecule has 0 aliphatic carbocycles. The van der Waals surface area contributed by atoms with Gasteiger partial charge in [-0.15, -0.1) is 0 Å². The topological polar surface area (TPSA) is 40.8 Å². The molecule has 1 aromatic heterocycles. The summed E-state index contributed by atoms with van der Waals surface area (Å²) >= 11 is 0. The van der Waals surface area contributed by atoms with Crippen molar-refractivity contribution in [3.05, 3.63) is 42.7 Å². The van der Waals surface area contributed by atoms with E-state index < -0.39 is 8.32 Å². The maximum absolute atomic E-state index is 6.54. The van der Waals surface area contributed by atoms with Gasteiger partial charge in [0.15, 0.2) is 5.75 Å². The van der Waals surface area contributed by atoms with Gasteiger partial charge in [0.2, 0.25) is 0 Å². The van der Waals surface area contributed by atoms with Gasteiger partial charge >= 0.3 is 0 Å². The van der Waals surface area contributed by atoms with Crippen molar-refractivity contribution in [3.8, 4) is 28.4 Å². The average Bonchev–Trinajstić information content (AvgIpc) is 3.03. The zero-order valence-electron chi connectivity index (χ0n) is 17.2. The van der Waals surface area contributed by atoms with Crippen LogP contribution in [0.1, 0.15) is 20.8 Å². The molecular formula is C22H28O4Si. The van der Waals surface area contributed by atoms with Crippen molar-refractivity contribution in [2.45, 2.75) is 38.9 Å². The number of hydrogen-bond acceptors (Lipinski definition) is 4. The smallest absolute Gasteiger partial charge is 0.250 e. The van der Waals surface area contributed by atoms with Crippen LogP contribution >= 0.6 is 0 Å². The molecule has 0 spiro atoms. The molecule has 0 saturated heterocycles. The van der Waals surface area contributed by atoms with E-state index in [1.165, 1.54) is 0 Å². The lowest BCUT2D eigenvalue weighted by molar-refractivity contribution is 0.386. The van der Waals surface area contributed by atoms with E-state index in [0.717, 1.165) is 39.3 Å². The van der Waals surface area contributed by atoms with Gasteiger partial charge < -0.3 is 18.3 Å². The molecule has 0 unspecified atom stereocenters. The lowest BCUT2D eigenvalue weighted by Crippen LogP contribution is -2.43. The zero-order chi connectivity index (χ0) is 19.8. The summed E-state index contributed by atoms with van der Waals surface area (Å²) in [7, 11) is 1.34. The van der Waals surface area contributed by atoms with Crippen molar-refractivity contribution in [3.63, 3.8) is 0 Å². The van der Waals surface area contributed by atoms with E-state index in [-0.39, 0.29) is 5.04 Å². The molecule has 0 aliphatic heterocycles. The highest BCUT2D eigenvalue weighted by Crippen LogP contribution is 2.42. The van der Waals surface area contributed by atoms with E-state index in [1.54, 1.807) is 20.5 Å². The Hall–Kier alpha value is -2.40. The van der Waals surface area contributed by atoms with Crippen molar-refractivity contribution in [1.82, 2.24) is 0 Å².